The van der Waals surface area contributed by atoms with Gasteiger partial charge in [-0.3, -0.25) is 4.79 Å². The van der Waals surface area contributed by atoms with E-state index < -0.39 is 18.0 Å². The highest BCUT2D eigenvalue weighted by Gasteiger charge is 2.60. The Morgan fingerprint density at radius 1 is 1.69 bits per heavy atom. The van der Waals surface area contributed by atoms with Crippen LogP contribution in [0.4, 0.5) is 0 Å². The summed E-state index contributed by atoms with van der Waals surface area (Å²) < 4.78 is 8.76. The van der Waals surface area contributed by atoms with E-state index in [2.05, 4.69) is 11.2 Å². The molecule has 0 aromatic heterocycles. The third kappa shape index (κ3) is 3.74. The van der Waals surface area contributed by atoms with Gasteiger partial charge in [-0.25, -0.2) is 4.79 Å². The molecule has 26 heavy (non-hydrogen) atoms. The molecule has 1 saturated heterocycles. The number of hydrogen-bond donors (Lipinski definition) is 1. The molecule has 2 aliphatic heterocycles. The molecule has 4 unspecified atom stereocenters. The van der Waals surface area contributed by atoms with Gasteiger partial charge in [0.2, 0.25) is 14.5 Å². The summed E-state index contributed by atoms with van der Waals surface area (Å²) in [6.07, 6.45) is 0.913. The summed E-state index contributed by atoms with van der Waals surface area (Å²) in [7, 11) is 6.78. The standard InChI is InChI=1S/C15H19BN3O4PS2/c1-5-6-18(4)15(25)26-12-7(2)10-9(8(3)20)13(21)19(10)11(12)14(22)23-24-17-16/h5,7-10,20H,1,6H2,2-4H3. The van der Waals surface area contributed by atoms with Crippen molar-refractivity contribution in [1.82, 2.24) is 9.80 Å². The number of thioether (sulfide) groups is 1. The number of thiocarbonyl (C=S) groups is 1. The molecule has 0 aromatic rings. The predicted molar refractivity (Wildman–Crippen MR) is 106 cm³/mol. The van der Waals surface area contributed by atoms with E-state index >= 15 is 0 Å². The van der Waals surface area contributed by atoms with E-state index in [0.717, 1.165) is 0 Å². The first-order valence-electron chi connectivity index (χ1n) is 7.86. The maximum atomic E-state index is 12.5. The smallest absolute Gasteiger partial charge is 0.365 e. The first kappa shape index (κ1) is 21.1. The average Bonchev–Trinajstić information content (AvgIpc) is 2.81. The number of carbonyl (C=O) groups is 2. The van der Waals surface area contributed by atoms with Gasteiger partial charge in [-0.15, -0.1) is 6.58 Å². The van der Waals surface area contributed by atoms with Gasteiger partial charge in [-0.2, -0.15) is 0 Å². The van der Waals surface area contributed by atoms with Gasteiger partial charge in [0.25, 0.3) is 7.98 Å². The number of likely N-dealkylation sites (N-methyl/N-ethyl adjacent to an activating group) is 1. The average molecular weight is 411 g/mol. The topological polar surface area (TPSA) is 82.4 Å². The van der Waals surface area contributed by atoms with E-state index in [0.29, 0.717) is 15.8 Å². The van der Waals surface area contributed by atoms with Crippen LogP contribution >= 0.6 is 32.6 Å². The van der Waals surface area contributed by atoms with E-state index in [1.54, 1.807) is 13.0 Å². The molecule has 2 radical (unpaired) electrons. The number of carbonyl (C=O) groups excluding carboxylic acids is 2. The Labute approximate surface area is 165 Å². The minimum absolute atomic E-state index is 0.0553. The Balaban J connectivity index is 2.36. The van der Waals surface area contributed by atoms with Gasteiger partial charge in [0, 0.05) is 24.4 Å². The lowest BCUT2D eigenvalue weighted by Crippen LogP contribution is -2.63. The first-order valence-corrected chi connectivity index (χ1v) is 9.85. The maximum absolute atomic E-state index is 12.5. The van der Waals surface area contributed by atoms with Gasteiger partial charge in [0.15, 0.2) is 0 Å². The molecule has 1 amide bonds. The zero-order valence-electron chi connectivity index (χ0n) is 14.7. The number of hydrogen-bond acceptors (Lipinski definition) is 7. The van der Waals surface area contributed by atoms with Crippen LogP contribution in [0.5, 0.6) is 0 Å². The Morgan fingerprint density at radius 2 is 2.35 bits per heavy atom. The maximum Gasteiger partial charge on any atom is 0.365 e. The largest absolute Gasteiger partial charge is 0.393 e. The van der Waals surface area contributed by atoms with Crippen molar-refractivity contribution in [2.24, 2.45) is 16.5 Å². The van der Waals surface area contributed by atoms with Crippen LogP contribution in [-0.2, 0) is 14.1 Å². The third-order valence-electron chi connectivity index (χ3n) is 4.38. The lowest BCUT2D eigenvalue weighted by atomic mass is 9.79. The lowest BCUT2D eigenvalue weighted by Gasteiger charge is -2.46. The van der Waals surface area contributed by atoms with Crippen LogP contribution in [0, 0.1) is 11.8 Å². The quantitative estimate of drug-likeness (QED) is 0.235. The minimum Gasteiger partial charge on any atom is -0.393 e. The second-order valence-electron chi connectivity index (χ2n) is 6.08. The van der Waals surface area contributed by atoms with Crippen LogP contribution in [0.2, 0.25) is 0 Å². The van der Waals surface area contributed by atoms with Crippen molar-refractivity contribution in [1.29, 1.82) is 0 Å². The van der Waals surface area contributed by atoms with Gasteiger partial charge in [-0.05, 0) is 6.92 Å². The molecule has 138 valence electrons. The van der Waals surface area contributed by atoms with Crippen molar-refractivity contribution in [3.05, 3.63) is 23.3 Å². The summed E-state index contributed by atoms with van der Waals surface area (Å²) in [5.41, 5.74) is 0.153. The molecule has 0 spiro atoms. The van der Waals surface area contributed by atoms with E-state index in [-0.39, 0.29) is 32.2 Å². The molecular formula is C15H19BN3O4PS2. The number of aliphatic hydroxyl groups excluding tert-OH is 1. The Morgan fingerprint density at radius 3 is 2.88 bits per heavy atom. The number of amides is 1. The molecular weight excluding hydrogens is 392 g/mol. The Hall–Kier alpha value is -1.22. The van der Waals surface area contributed by atoms with Gasteiger partial charge in [0.05, 0.1) is 18.1 Å². The van der Waals surface area contributed by atoms with Gasteiger partial charge in [-0.1, -0.05) is 37.0 Å². The second-order valence-corrected chi connectivity index (χ2v) is 8.33. The van der Waals surface area contributed by atoms with E-state index in [9.17, 15) is 14.7 Å². The highest BCUT2D eigenvalue weighted by Crippen LogP contribution is 2.51. The summed E-state index contributed by atoms with van der Waals surface area (Å²) in [5.74, 6) is -1.71. The molecule has 4 atom stereocenters. The SMILES string of the molecule is [B]N=POC(=O)C1=C(SC(=S)N(C)CC=C)C(C)C2C(C(C)O)C(=O)N12. The molecule has 11 heteroatoms. The van der Waals surface area contributed by atoms with Gasteiger partial charge < -0.3 is 24.1 Å². The molecule has 1 N–H and O–H groups in total. The fourth-order valence-corrected chi connectivity index (χ4v) is 4.77. The molecule has 0 bridgehead atoms. The number of aliphatic hydroxyl groups is 1. The first-order chi connectivity index (χ1) is 12.3. The van der Waals surface area contributed by atoms with Gasteiger partial charge >= 0.3 is 5.97 Å². The Kier molecular flexibility index (Phi) is 7.02. The zero-order chi connectivity index (χ0) is 19.6. The van der Waals surface area contributed by atoms with E-state index in [4.69, 9.17) is 24.7 Å². The Bertz CT molecular complexity index is 700. The van der Waals surface area contributed by atoms with Crippen molar-refractivity contribution in [2.75, 3.05) is 13.6 Å². The van der Waals surface area contributed by atoms with Crippen molar-refractivity contribution in [3.8, 4) is 0 Å². The van der Waals surface area contributed by atoms with Crippen LogP contribution in [0.25, 0.3) is 0 Å². The summed E-state index contributed by atoms with van der Waals surface area (Å²) in [6.45, 7) is 7.72. The summed E-state index contributed by atoms with van der Waals surface area (Å²) in [5, 5.41) is 9.93. The third-order valence-corrected chi connectivity index (χ3v) is 6.56. The van der Waals surface area contributed by atoms with Crippen LogP contribution in [0.3, 0.4) is 0 Å². The second kappa shape index (κ2) is 8.65. The summed E-state index contributed by atoms with van der Waals surface area (Å²) >= 11 is 6.67. The highest BCUT2D eigenvalue weighted by molar-refractivity contribution is 8.25. The van der Waals surface area contributed by atoms with Crippen LogP contribution in [0.1, 0.15) is 13.8 Å². The van der Waals surface area contributed by atoms with Crippen molar-refractivity contribution >= 4 is 56.8 Å². The van der Waals surface area contributed by atoms with E-state index in [1.165, 1.54) is 16.7 Å². The molecule has 1 fully saturated rings. The molecule has 0 aromatic carbocycles. The van der Waals surface area contributed by atoms with E-state index in [1.807, 2.05) is 18.9 Å². The van der Waals surface area contributed by atoms with Crippen molar-refractivity contribution in [3.63, 3.8) is 0 Å². The summed E-state index contributed by atoms with van der Waals surface area (Å²) in [4.78, 5) is 28.9. The predicted octanol–water partition coefficient (Wildman–Crippen LogP) is 1.86. The fourth-order valence-electron chi connectivity index (χ4n) is 3.19. The molecule has 0 saturated carbocycles. The highest BCUT2D eigenvalue weighted by atomic mass is 32.2. The van der Waals surface area contributed by atoms with Crippen LogP contribution in [-0.4, -0.2) is 64.8 Å². The van der Waals surface area contributed by atoms with Crippen LogP contribution < -0.4 is 0 Å². The van der Waals surface area contributed by atoms with Crippen molar-refractivity contribution < 1.29 is 19.2 Å². The number of rotatable bonds is 6. The lowest BCUT2D eigenvalue weighted by molar-refractivity contribution is -0.162. The number of nitrogens with zero attached hydrogens (tertiary/aromatic N) is 3. The fraction of sp³-hybridized carbons (Fsp3) is 0.533. The molecule has 2 aliphatic rings. The van der Waals surface area contributed by atoms with Gasteiger partial charge in [0.1, 0.15) is 10.0 Å². The minimum atomic E-state index is -0.805. The molecule has 7 nitrogen and oxygen atoms in total. The van der Waals surface area contributed by atoms with Crippen LogP contribution in [0.15, 0.2) is 27.9 Å². The monoisotopic (exact) mass is 411 g/mol. The molecule has 2 heterocycles. The van der Waals surface area contributed by atoms with Crippen molar-refractivity contribution in [2.45, 2.75) is 26.0 Å². The number of β-lactam (4-membered cyclic amide) rings is 1. The number of fused-ring (bicyclic) bond motifs is 1. The molecule has 2 rings (SSSR count). The molecule has 0 aliphatic carbocycles. The zero-order valence-corrected chi connectivity index (χ0v) is 17.2. The summed E-state index contributed by atoms with van der Waals surface area (Å²) in [6, 6.07) is -0.299. The normalized spacial score (nSPS) is 25.8.